The molecule has 146 valence electrons. The third-order valence-corrected chi connectivity index (χ3v) is 4.46. The topological polar surface area (TPSA) is 67.9 Å². The molecule has 0 saturated heterocycles. The molecule has 0 atom stereocenters. The molecule has 1 aliphatic rings. The summed E-state index contributed by atoms with van der Waals surface area (Å²) < 4.78 is 10.8. The van der Waals surface area contributed by atoms with Gasteiger partial charge < -0.3 is 14.8 Å². The summed E-state index contributed by atoms with van der Waals surface area (Å²) in [4.78, 5) is 27.5. The fourth-order valence-electron chi connectivity index (χ4n) is 3.13. The number of benzene rings is 2. The van der Waals surface area contributed by atoms with Crippen LogP contribution in [0.4, 0.5) is 5.69 Å². The highest BCUT2D eigenvalue weighted by molar-refractivity contribution is 6.37. The Kier molecular flexibility index (Phi) is 6.45. The zero-order chi connectivity index (χ0) is 19.9. The van der Waals surface area contributed by atoms with Crippen LogP contribution < -0.4 is 10.1 Å². The van der Waals surface area contributed by atoms with Crippen LogP contribution in [-0.2, 0) is 14.3 Å². The first-order valence-corrected chi connectivity index (χ1v) is 9.31. The Hall–Kier alpha value is -3.12. The Morgan fingerprint density at radius 2 is 1.68 bits per heavy atom. The molecule has 1 aliphatic heterocycles. The minimum Gasteiger partial charge on any atom is -0.496 e. The average Bonchev–Trinajstić information content (AvgIpc) is 2.95. The summed E-state index contributed by atoms with van der Waals surface area (Å²) in [6.07, 6.45) is 0.586. The molecule has 1 N–H and O–H groups in total. The van der Waals surface area contributed by atoms with Crippen molar-refractivity contribution in [2.45, 2.75) is 13.3 Å². The van der Waals surface area contributed by atoms with Crippen molar-refractivity contribution in [3.05, 3.63) is 65.9 Å². The number of para-hydroxylation sites is 2. The molecule has 2 amide bonds. The standard InChI is InChI=1S/C22H24N2O4/c1-3-28-15-9-14-24-21(25)19(17-12-7-8-13-18(17)27-2)20(22(24)26)23-16-10-5-4-6-11-16/h4-8,10-13,23H,3,9,14-15H2,1-2H3. The van der Waals surface area contributed by atoms with E-state index < -0.39 is 0 Å². The summed E-state index contributed by atoms with van der Waals surface area (Å²) in [6, 6.07) is 16.5. The van der Waals surface area contributed by atoms with Gasteiger partial charge in [-0.1, -0.05) is 36.4 Å². The molecule has 0 unspecified atom stereocenters. The Bertz CT molecular complexity index is 877. The molecule has 0 aromatic heterocycles. The molecule has 0 aliphatic carbocycles. The Balaban J connectivity index is 1.97. The quantitative estimate of drug-likeness (QED) is 0.534. The van der Waals surface area contributed by atoms with Gasteiger partial charge in [-0.3, -0.25) is 14.5 Å². The normalized spacial score (nSPS) is 14.0. The summed E-state index contributed by atoms with van der Waals surface area (Å²) in [6.45, 7) is 3.32. The van der Waals surface area contributed by atoms with Crippen molar-refractivity contribution in [2.24, 2.45) is 0 Å². The molecule has 0 fully saturated rings. The third kappa shape index (κ3) is 4.07. The summed E-state index contributed by atoms with van der Waals surface area (Å²) in [7, 11) is 1.55. The van der Waals surface area contributed by atoms with E-state index in [0.29, 0.717) is 43.1 Å². The number of amides is 2. The fraction of sp³-hybridized carbons (Fsp3) is 0.273. The molecule has 0 radical (unpaired) electrons. The summed E-state index contributed by atoms with van der Waals surface area (Å²) in [5.41, 5.74) is 1.91. The second-order valence-corrected chi connectivity index (χ2v) is 6.25. The molecule has 0 saturated carbocycles. The summed E-state index contributed by atoms with van der Waals surface area (Å²) in [5, 5.41) is 3.13. The summed E-state index contributed by atoms with van der Waals surface area (Å²) >= 11 is 0. The number of rotatable bonds is 9. The monoisotopic (exact) mass is 380 g/mol. The minimum absolute atomic E-state index is 0.261. The van der Waals surface area contributed by atoms with Gasteiger partial charge in [0.05, 0.1) is 12.7 Å². The van der Waals surface area contributed by atoms with E-state index in [1.807, 2.05) is 49.4 Å². The van der Waals surface area contributed by atoms with E-state index >= 15 is 0 Å². The van der Waals surface area contributed by atoms with Crippen molar-refractivity contribution in [3.63, 3.8) is 0 Å². The third-order valence-electron chi connectivity index (χ3n) is 4.46. The number of carbonyl (C=O) groups is 2. The number of anilines is 1. The van der Waals surface area contributed by atoms with Gasteiger partial charge in [0.25, 0.3) is 11.8 Å². The predicted molar refractivity (Wildman–Crippen MR) is 108 cm³/mol. The highest BCUT2D eigenvalue weighted by Gasteiger charge is 2.39. The molecule has 3 rings (SSSR count). The first-order valence-electron chi connectivity index (χ1n) is 9.31. The van der Waals surface area contributed by atoms with Crippen LogP contribution in [0.1, 0.15) is 18.9 Å². The zero-order valence-corrected chi connectivity index (χ0v) is 16.1. The number of nitrogens with one attached hydrogen (secondary N) is 1. The van der Waals surface area contributed by atoms with Crippen LogP contribution in [-0.4, -0.2) is 43.6 Å². The lowest BCUT2D eigenvalue weighted by atomic mass is 10.0. The van der Waals surface area contributed by atoms with E-state index in [1.54, 1.807) is 19.2 Å². The molecule has 28 heavy (non-hydrogen) atoms. The Morgan fingerprint density at radius 3 is 2.39 bits per heavy atom. The highest BCUT2D eigenvalue weighted by atomic mass is 16.5. The molecule has 2 aromatic carbocycles. The molecule has 0 spiro atoms. The zero-order valence-electron chi connectivity index (χ0n) is 16.1. The van der Waals surface area contributed by atoms with E-state index in [4.69, 9.17) is 9.47 Å². The predicted octanol–water partition coefficient (Wildman–Crippen LogP) is 3.31. The van der Waals surface area contributed by atoms with Crippen molar-refractivity contribution in [1.29, 1.82) is 0 Å². The van der Waals surface area contributed by atoms with Gasteiger partial charge in [-0.15, -0.1) is 0 Å². The number of imide groups is 1. The maximum absolute atomic E-state index is 13.2. The van der Waals surface area contributed by atoms with Gasteiger partial charge in [0, 0.05) is 31.0 Å². The highest BCUT2D eigenvalue weighted by Crippen LogP contribution is 2.35. The second kappa shape index (κ2) is 9.19. The second-order valence-electron chi connectivity index (χ2n) is 6.25. The number of hydrogen-bond donors (Lipinski definition) is 1. The lowest BCUT2D eigenvalue weighted by molar-refractivity contribution is -0.137. The number of hydrogen-bond acceptors (Lipinski definition) is 5. The van der Waals surface area contributed by atoms with Crippen molar-refractivity contribution >= 4 is 23.1 Å². The molecule has 6 nitrogen and oxygen atoms in total. The van der Waals surface area contributed by atoms with Gasteiger partial charge in [0.15, 0.2) is 0 Å². The van der Waals surface area contributed by atoms with Crippen LogP contribution in [0.3, 0.4) is 0 Å². The van der Waals surface area contributed by atoms with Gasteiger partial charge in [-0.05, 0) is 31.5 Å². The van der Waals surface area contributed by atoms with Crippen molar-refractivity contribution in [2.75, 3.05) is 32.2 Å². The van der Waals surface area contributed by atoms with Gasteiger partial charge in [0.1, 0.15) is 11.4 Å². The van der Waals surface area contributed by atoms with Gasteiger partial charge in [-0.2, -0.15) is 0 Å². The summed E-state index contributed by atoms with van der Waals surface area (Å²) in [5.74, 6) is -0.127. The first-order chi connectivity index (χ1) is 13.7. The largest absolute Gasteiger partial charge is 0.496 e. The maximum Gasteiger partial charge on any atom is 0.278 e. The average molecular weight is 380 g/mol. The minimum atomic E-state index is -0.341. The van der Waals surface area contributed by atoms with E-state index in [-0.39, 0.29) is 17.5 Å². The number of methoxy groups -OCH3 is 1. The number of nitrogens with zero attached hydrogens (tertiary/aromatic N) is 1. The molecule has 6 heteroatoms. The molecule has 1 heterocycles. The van der Waals surface area contributed by atoms with Crippen LogP contribution in [0.5, 0.6) is 5.75 Å². The Morgan fingerprint density at radius 1 is 0.964 bits per heavy atom. The van der Waals surface area contributed by atoms with Gasteiger partial charge in [-0.25, -0.2) is 0 Å². The van der Waals surface area contributed by atoms with Crippen LogP contribution in [0.2, 0.25) is 0 Å². The molecular formula is C22H24N2O4. The van der Waals surface area contributed by atoms with Crippen molar-refractivity contribution in [1.82, 2.24) is 4.90 Å². The number of carbonyl (C=O) groups excluding carboxylic acids is 2. The van der Waals surface area contributed by atoms with Crippen LogP contribution in [0.25, 0.3) is 5.57 Å². The maximum atomic E-state index is 13.2. The molecule has 2 aromatic rings. The van der Waals surface area contributed by atoms with E-state index in [2.05, 4.69) is 5.32 Å². The van der Waals surface area contributed by atoms with Gasteiger partial charge in [0.2, 0.25) is 0 Å². The SMILES string of the molecule is CCOCCCN1C(=O)C(Nc2ccccc2)=C(c2ccccc2OC)C1=O. The van der Waals surface area contributed by atoms with Crippen molar-refractivity contribution < 1.29 is 19.1 Å². The van der Waals surface area contributed by atoms with Crippen LogP contribution in [0, 0.1) is 0 Å². The fourth-order valence-corrected chi connectivity index (χ4v) is 3.13. The molecular weight excluding hydrogens is 356 g/mol. The van der Waals surface area contributed by atoms with Crippen molar-refractivity contribution in [3.8, 4) is 5.75 Å². The lowest BCUT2D eigenvalue weighted by Gasteiger charge is -2.15. The van der Waals surface area contributed by atoms with E-state index in [1.165, 1.54) is 4.90 Å². The smallest absolute Gasteiger partial charge is 0.278 e. The lowest BCUT2D eigenvalue weighted by Crippen LogP contribution is -2.34. The van der Waals surface area contributed by atoms with Crippen LogP contribution >= 0.6 is 0 Å². The van der Waals surface area contributed by atoms with Gasteiger partial charge >= 0.3 is 0 Å². The molecule has 0 bridgehead atoms. The van der Waals surface area contributed by atoms with E-state index in [0.717, 1.165) is 5.69 Å². The van der Waals surface area contributed by atoms with E-state index in [9.17, 15) is 9.59 Å². The Labute approximate surface area is 164 Å². The first kappa shape index (κ1) is 19.6. The number of ether oxygens (including phenoxy) is 2. The van der Waals surface area contributed by atoms with Crippen LogP contribution in [0.15, 0.2) is 60.3 Å².